The second-order valence-corrected chi connectivity index (χ2v) is 5.17. The third-order valence-electron chi connectivity index (χ3n) is 2.31. The average molecular weight is 343 g/mol. The lowest BCUT2D eigenvalue weighted by molar-refractivity contribution is 0.462. The Labute approximate surface area is 125 Å². The minimum atomic E-state index is 0.452. The number of nitrogens with zero attached hydrogens (tertiary/aromatic N) is 2. The number of rotatable bonds is 5. The zero-order valence-electron chi connectivity index (χ0n) is 10.4. The second kappa shape index (κ2) is 6.73. The molecule has 100 valence electrons. The molecule has 2 rings (SSSR count). The Morgan fingerprint density at radius 1 is 1.32 bits per heavy atom. The molecule has 0 saturated heterocycles. The van der Waals surface area contributed by atoms with E-state index in [1.165, 1.54) is 6.33 Å². The Balaban J connectivity index is 2.16. The van der Waals surface area contributed by atoms with Crippen molar-refractivity contribution in [3.8, 4) is 11.6 Å². The van der Waals surface area contributed by atoms with Crippen molar-refractivity contribution in [1.29, 1.82) is 0 Å². The Morgan fingerprint density at radius 2 is 2.16 bits per heavy atom. The lowest BCUT2D eigenvalue weighted by Crippen LogP contribution is -2.02. The molecule has 1 aromatic carbocycles. The molecule has 0 atom stereocenters. The molecule has 0 aliphatic carbocycles. The SMILES string of the molecule is CCCNc1cc(Oc2cc(Br)ccc2Cl)ncn1. The van der Waals surface area contributed by atoms with Gasteiger partial charge in [0.2, 0.25) is 5.88 Å². The van der Waals surface area contributed by atoms with Gasteiger partial charge in [-0.05, 0) is 24.6 Å². The van der Waals surface area contributed by atoms with Gasteiger partial charge in [0, 0.05) is 17.1 Å². The smallest absolute Gasteiger partial charge is 0.224 e. The topological polar surface area (TPSA) is 47.0 Å². The van der Waals surface area contributed by atoms with Crippen molar-refractivity contribution in [2.75, 3.05) is 11.9 Å². The van der Waals surface area contributed by atoms with Gasteiger partial charge in [0.25, 0.3) is 0 Å². The highest BCUT2D eigenvalue weighted by Crippen LogP contribution is 2.31. The van der Waals surface area contributed by atoms with Crippen LogP contribution in [-0.4, -0.2) is 16.5 Å². The molecule has 6 heteroatoms. The molecule has 2 aromatic rings. The normalized spacial score (nSPS) is 10.3. The maximum atomic E-state index is 6.06. The Kier molecular flexibility index (Phi) is 4.99. The molecule has 0 radical (unpaired) electrons. The minimum Gasteiger partial charge on any atom is -0.437 e. The van der Waals surface area contributed by atoms with E-state index in [0.717, 1.165) is 23.3 Å². The second-order valence-electron chi connectivity index (χ2n) is 3.85. The Bertz CT molecular complexity index is 565. The summed E-state index contributed by atoms with van der Waals surface area (Å²) in [5, 5.41) is 3.71. The average Bonchev–Trinajstić information content (AvgIpc) is 2.41. The van der Waals surface area contributed by atoms with E-state index in [0.29, 0.717) is 16.7 Å². The van der Waals surface area contributed by atoms with E-state index in [1.54, 1.807) is 18.2 Å². The first-order valence-corrected chi connectivity index (χ1v) is 7.05. The summed E-state index contributed by atoms with van der Waals surface area (Å²) in [6.45, 7) is 2.95. The van der Waals surface area contributed by atoms with Gasteiger partial charge in [0.1, 0.15) is 17.9 Å². The summed E-state index contributed by atoms with van der Waals surface area (Å²) in [5.41, 5.74) is 0. The zero-order valence-corrected chi connectivity index (χ0v) is 12.7. The molecule has 1 N–H and O–H groups in total. The molecule has 1 aromatic heterocycles. The molecule has 1 heterocycles. The van der Waals surface area contributed by atoms with Crippen LogP contribution in [0, 0.1) is 0 Å². The first kappa shape index (κ1) is 14.1. The minimum absolute atomic E-state index is 0.452. The van der Waals surface area contributed by atoms with Crippen molar-refractivity contribution in [3.63, 3.8) is 0 Å². The zero-order chi connectivity index (χ0) is 13.7. The molecule has 0 aliphatic heterocycles. The molecule has 0 spiro atoms. The van der Waals surface area contributed by atoms with Crippen molar-refractivity contribution in [2.24, 2.45) is 0 Å². The number of hydrogen-bond donors (Lipinski definition) is 1. The number of nitrogens with one attached hydrogen (secondary N) is 1. The fourth-order valence-corrected chi connectivity index (χ4v) is 1.91. The third-order valence-corrected chi connectivity index (χ3v) is 3.11. The predicted molar refractivity (Wildman–Crippen MR) is 80.0 cm³/mol. The van der Waals surface area contributed by atoms with Crippen LogP contribution < -0.4 is 10.1 Å². The van der Waals surface area contributed by atoms with E-state index >= 15 is 0 Å². The van der Waals surface area contributed by atoms with Gasteiger partial charge in [-0.1, -0.05) is 34.5 Å². The summed E-state index contributed by atoms with van der Waals surface area (Å²) in [6, 6.07) is 7.15. The first-order chi connectivity index (χ1) is 9.19. The Morgan fingerprint density at radius 3 is 2.95 bits per heavy atom. The molecule has 4 nitrogen and oxygen atoms in total. The molecule has 0 bridgehead atoms. The lowest BCUT2D eigenvalue weighted by atomic mass is 10.3. The first-order valence-electron chi connectivity index (χ1n) is 5.88. The lowest BCUT2D eigenvalue weighted by Gasteiger charge is -2.08. The van der Waals surface area contributed by atoms with Gasteiger partial charge in [-0.15, -0.1) is 0 Å². The van der Waals surface area contributed by atoms with E-state index in [1.807, 2.05) is 6.07 Å². The van der Waals surface area contributed by atoms with Crippen LogP contribution in [0.1, 0.15) is 13.3 Å². The number of benzene rings is 1. The van der Waals surface area contributed by atoms with Crippen LogP contribution in [-0.2, 0) is 0 Å². The van der Waals surface area contributed by atoms with E-state index in [-0.39, 0.29) is 0 Å². The van der Waals surface area contributed by atoms with Gasteiger partial charge in [-0.2, -0.15) is 0 Å². The van der Waals surface area contributed by atoms with Crippen LogP contribution in [0.15, 0.2) is 35.1 Å². The Hall–Kier alpha value is -1.33. The van der Waals surface area contributed by atoms with Gasteiger partial charge in [-0.25, -0.2) is 9.97 Å². The number of aromatic nitrogens is 2. The summed E-state index contributed by atoms with van der Waals surface area (Å²) < 4.78 is 6.55. The van der Waals surface area contributed by atoms with Crippen LogP contribution in [0.3, 0.4) is 0 Å². The van der Waals surface area contributed by atoms with Gasteiger partial charge >= 0.3 is 0 Å². The molecular weight excluding hydrogens is 330 g/mol. The van der Waals surface area contributed by atoms with Crippen LogP contribution in [0.2, 0.25) is 5.02 Å². The molecular formula is C13H13BrClN3O. The predicted octanol–water partition coefficient (Wildman–Crippen LogP) is 4.51. The number of hydrogen-bond acceptors (Lipinski definition) is 4. The standard InChI is InChI=1S/C13H13BrClN3O/c1-2-5-16-12-7-13(18-8-17-12)19-11-6-9(14)3-4-10(11)15/h3-4,6-8H,2,5H2,1H3,(H,16,17,18). The van der Waals surface area contributed by atoms with Crippen molar-refractivity contribution in [1.82, 2.24) is 9.97 Å². The van der Waals surface area contributed by atoms with Gasteiger partial charge in [-0.3, -0.25) is 0 Å². The fraction of sp³-hybridized carbons (Fsp3) is 0.231. The number of halogens is 2. The maximum absolute atomic E-state index is 6.06. The summed E-state index contributed by atoms with van der Waals surface area (Å²) in [4.78, 5) is 8.18. The van der Waals surface area contributed by atoms with Crippen molar-refractivity contribution < 1.29 is 4.74 Å². The summed E-state index contributed by atoms with van der Waals surface area (Å²) in [7, 11) is 0. The van der Waals surface area contributed by atoms with Crippen molar-refractivity contribution in [3.05, 3.63) is 40.1 Å². The highest BCUT2D eigenvalue weighted by molar-refractivity contribution is 9.10. The van der Waals surface area contributed by atoms with Gasteiger partial charge in [0.15, 0.2) is 0 Å². The maximum Gasteiger partial charge on any atom is 0.224 e. The highest BCUT2D eigenvalue weighted by Gasteiger charge is 2.06. The third kappa shape index (κ3) is 4.08. The quantitative estimate of drug-likeness (QED) is 0.868. The largest absolute Gasteiger partial charge is 0.437 e. The van der Waals surface area contributed by atoms with Crippen LogP contribution in [0.5, 0.6) is 11.6 Å². The van der Waals surface area contributed by atoms with Crippen LogP contribution in [0.4, 0.5) is 5.82 Å². The molecule has 0 saturated carbocycles. The summed E-state index contributed by atoms with van der Waals surface area (Å²) in [5.74, 6) is 1.74. The van der Waals surface area contributed by atoms with Crippen LogP contribution >= 0.6 is 27.5 Å². The monoisotopic (exact) mass is 341 g/mol. The molecule has 19 heavy (non-hydrogen) atoms. The fourth-order valence-electron chi connectivity index (χ4n) is 1.41. The van der Waals surface area contributed by atoms with E-state index in [2.05, 4.69) is 38.1 Å². The van der Waals surface area contributed by atoms with Crippen molar-refractivity contribution >= 4 is 33.3 Å². The van der Waals surface area contributed by atoms with Gasteiger partial charge < -0.3 is 10.1 Å². The van der Waals surface area contributed by atoms with Gasteiger partial charge in [0.05, 0.1) is 5.02 Å². The van der Waals surface area contributed by atoms with Crippen LogP contribution in [0.25, 0.3) is 0 Å². The highest BCUT2D eigenvalue weighted by atomic mass is 79.9. The summed E-state index contributed by atoms with van der Waals surface area (Å²) in [6.07, 6.45) is 2.48. The molecule has 0 fully saturated rings. The van der Waals surface area contributed by atoms with Crippen molar-refractivity contribution in [2.45, 2.75) is 13.3 Å². The summed E-state index contributed by atoms with van der Waals surface area (Å²) >= 11 is 9.44. The molecule has 0 amide bonds. The molecule has 0 aliphatic rings. The van der Waals surface area contributed by atoms with E-state index in [4.69, 9.17) is 16.3 Å². The number of anilines is 1. The molecule has 0 unspecified atom stereocenters. The van der Waals surface area contributed by atoms with E-state index in [9.17, 15) is 0 Å². The van der Waals surface area contributed by atoms with E-state index < -0.39 is 0 Å². The number of ether oxygens (including phenoxy) is 1.